The van der Waals surface area contributed by atoms with Crippen LogP contribution < -0.4 is 4.74 Å². The molecule has 4 heteroatoms. The second kappa shape index (κ2) is 6.55. The zero-order valence-corrected chi connectivity index (χ0v) is 11.2. The lowest BCUT2D eigenvalue weighted by molar-refractivity contribution is -0.142. The van der Waals surface area contributed by atoms with E-state index in [9.17, 15) is 4.79 Å². The highest BCUT2D eigenvalue weighted by molar-refractivity contribution is 7.99. The normalized spacial score (nSPS) is 12.5. The highest BCUT2D eigenvalue weighted by Crippen LogP contribution is 2.26. The van der Waals surface area contributed by atoms with Gasteiger partial charge in [-0.2, -0.15) is 0 Å². The lowest BCUT2D eigenvalue weighted by atomic mass is 9.98. The van der Waals surface area contributed by atoms with E-state index < -0.39 is 5.97 Å². The molecule has 1 unspecified atom stereocenters. The molecule has 1 rings (SSSR count). The molecule has 0 spiro atoms. The van der Waals surface area contributed by atoms with Crippen LogP contribution in [0.5, 0.6) is 5.75 Å². The summed E-state index contributed by atoms with van der Waals surface area (Å²) < 4.78 is 5.07. The topological polar surface area (TPSA) is 46.5 Å². The summed E-state index contributed by atoms with van der Waals surface area (Å²) in [5, 5.41) is 9.07. The molecule has 0 saturated heterocycles. The molecule has 0 fully saturated rings. The van der Waals surface area contributed by atoms with Gasteiger partial charge in [0.25, 0.3) is 0 Å². The first-order valence-corrected chi connectivity index (χ1v) is 6.52. The predicted octanol–water partition coefficient (Wildman–Crippen LogP) is 3.14. The fraction of sp³-hybridized carbons (Fsp3) is 0.462. The van der Waals surface area contributed by atoms with Crippen LogP contribution >= 0.6 is 11.8 Å². The maximum absolute atomic E-state index is 11.0. The van der Waals surface area contributed by atoms with E-state index in [1.54, 1.807) is 18.9 Å². The first-order chi connectivity index (χ1) is 8.04. The van der Waals surface area contributed by atoms with Crippen LogP contribution in [-0.2, 0) is 4.79 Å². The van der Waals surface area contributed by atoms with Crippen molar-refractivity contribution in [2.75, 3.05) is 12.9 Å². The van der Waals surface area contributed by atoms with Crippen LogP contribution in [0.3, 0.4) is 0 Å². The summed E-state index contributed by atoms with van der Waals surface area (Å²) in [4.78, 5) is 12.1. The van der Waals surface area contributed by atoms with Crippen molar-refractivity contribution >= 4 is 17.7 Å². The zero-order valence-electron chi connectivity index (χ0n) is 10.3. The number of carbonyl (C=O) groups is 1. The average molecular weight is 254 g/mol. The number of ether oxygens (including phenoxy) is 1. The first kappa shape index (κ1) is 13.9. The maximum atomic E-state index is 11.0. The second-order valence-electron chi connectivity index (χ2n) is 4.18. The summed E-state index contributed by atoms with van der Waals surface area (Å²) in [6.07, 6.45) is 0. The molecule has 0 saturated carbocycles. The molecule has 1 atom stereocenters. The van der Waals surface area contributed by atoms with Gasteiger partial charge in [-0.3, -0.25) is 4.79 Å². The van der Waals surface area contributed by atoms with Gasteiger partial charge >= 0.3 is 5.97 Å². The minimum absolute atomic E-state index is 0.151. The van der Waals surface area contributed by atoms with E-state index in [-0.39, 0.29) is 11.8 Å². The van der Waals surface area contributed by atoms with Gasteiger partial charge in [0.05, 0.1) is 13.0 Å². The van der Waals surface area contributed by atoms with Gasteiger partial charge in [0, 0.05) is 10.6 Å². The zero-order chi connectivity index (χ0) is 12.8. The largest absolute Gasteiger partial charge is 0.497 e. The van der Waals surface area contributed by atoms with E-state index in [4.69, 9.17) is 9.84 Å². The molecule has 0 aliphatic rings. The average Bonchev–Trinajstić information content (AvgIpc) is 2.29. The number of rotatable bonds is 6. The summed E-state index contributed by atoms with van der Waals surface area (Å²) in [7, 11) is 1.63. The first-order valence-electron chi connectivity index (χ1n) is 5.54. The molecule has 0 heterocycles. The fourth-order valence-corrected chi connectivity index (χ4v) is 2.63. The summed E-state index contributed by atoms with van der Waals surface area (Å²) in [5.41, 5.74) is 0. The predicted molar refractivity (Wildman–Crippen MR) is 69.7 cm³/mol. The molecule has 0 aromatic heterocycles. The number of benzene rings is 1. The van der Waals surface area contributed by atoms with Gasteiger partial charge in [0.15, 0.2) is 0 Å². The Morgan fingerprint density at radius 3 is 2.35 bits per heavy atom. The number of carboxylic acid groups (broad SMARTS) is 1. The quantitative estimate of drug-likeness (QED) is 0.792. The fourth-order valence-electron chi connectivity index (χ4n) is 1.41. The lowest BCUT2D eigenvalue weighted by Crippen LogP contribution is -2.21. The van der Waals surface area contributed by atoms with Crippen LogP contribution in [-0.4, -0.2) is 23.9 Å². The van der Waals surface area contributed by atoms with Gasteiger partial charge in [-0.05, 0) is 30.2 Å². The Balaban J connectivity index is 2.56. The molecule has 1 N–H and O–H groups in total. The molecule has 0 aliphatic heterocycles. The van der Waals surface area contributed by atoms with Crippen LogP contribution in [0.2, 0.25) is 0 Å². The Hall–Kier alpha value is -1.16. The molecule has 0 radical (unpaired) electrons. The number of methoxy groups -OCH3 is 1. The Morgan fingerprint density at radius 2 is 1.94 bits per heavy atom. The Bertz CT molecular complexity index is 359. The van der Waals surface area contributed by atoms with E-state index in [0.717, 1.165) is 10.6 Å². The van der Waals surface area contributed by atoms with Gasteiger partial charge in [0.2, 0.25) is 0 Å². The third-order valence-electron chi connectivity index (χ3n) is 2.61. The summed E-state index contributed by atoms with van der Waals surface area (Å²) in [6.45, 7) is 3.88. The van der Waals surface area contributed by atoms with Crippen molar-refractivity contribution in [3.63, 3.8) is 0 Å². The van der Waals surface area contributed by atoms with Gasteiger partial charge in [0.1, 0.15) is 5.75 Å². The minimum atomic E-state index is -0.721. The number of aliphatic carboxylic acids is 1. The molecule has 17 heavy (non-hydrogen) atoms. The van der Waals surface area contributed by atoms with E-state index in [1.807, 2.05) is 38.1 Å². The Morgan fingerprint density at radius 1 is 1.35 bits per heavy atom. The second-order valence-corrected chi connectivity index (χ2v) is 5.27. The van der Waals surface area contributed by atoms with Gasteiger partial charge < -0.3 is 9.84 Å². The van der Waals surface area contributed by atoms with Gasteiger partial charge in [-0.25, -0.2) is 0 Å². The van der Waals surface area contributed by atoms with E-state index >= 15 is 0 Å². The third-order valence-corrected chi connectivity index (χ3v) is 3.74. The van der Waals surface area contributed by atoms with Crippen molar-refractivity contribution < 1.29 is 14.6 Å². The Labute approximate surface area is 106 Å². The SMILES string of the molecule is COc1ccc(SCC(C(=O)O)C(C)C)cc1. The van der Waals surface area contributed by atoms with Crippen LogP contribution in [0.25, 0.3) is 0 Å². The lowest BCUT2D eigenvalue weighted by Gasteiger charge is -2.15. The van der Waals surface area contributed by atoms with Crippen LogP contribution in [0.1, 0.15) is 13.8 Å². The molecular weight excluding hydrogens is 236 g/mol. The van der Waals surface area contributed by atoms with Crippen molar-refractivity contribution in [2.45, 2.75) is 18.7 Å². The number of thioether (sulfide) groups is 1. The molecule has 1 aromatic rings. The number of carboxylic acids is 1. The molecule has 94 valence electrons. The van der Waals surface area contributed by atoms with Crippen molar-refractivity contribution in [3.05, 3.63) is 24.3 Å². The van der Waals surface area contributed by atoms with Crippen molar-refractivity contribution in [1.29, 1.82) is 0 Å². The molecular formula is C13H18O3S. The van der Waals surface area contributed by atoms with Crippen molar-refractivity contribution in [1.82, 2.24) is 0 Å². The molecule has 0 amide bonds. The number of hydrogen-bond donors (Lipinski definition) is 1. The van der Waals surface area contributed by atoms with Crippen molar-refractivity contribution in [3.8, 4) is 5.75 Å². The van der Waals surface area contributed by atoms with Crippen LogP contribution in [0, 0.1) is 11.8 Å². The summed E-state index contributed by atoms with van der Waals surface area (Å²) >= 11 is 1.57. The van der Waals surface area contributed by atoms with E-state index in [1.165, 1.54) is 0 Å². The van der Waals surface area contributed by atoms with Crippen molar-refractivity contribution in [2.24, 2.45) is 11.8 Å². The highest BCUT2D eigenvalue weighted by Gasteiger charge is 2.21. The molecule has 0 aliphatic carbocycles. The monoisotopic (exact) mass is 254 g/mol. The van der Waals surface area contributed by atoms with Gasteiger partial charge in [-0.15, -0.1) is 11.8 Å². The summed E-state index contributed by atoms with van der Waals surface area (Å²) in [5.74, 6) is 0.536. The highest BCUT2D eigenvalue weighted by atomic mass is 32.2. The minimum Gasteiger partial charge on any atom is -0.497 e. The smallest absolute Gasteiger partial charge is 0.307 e. The third kappa shape index (κ3) is 4.30. The molecule has 0 bridgehead atoms. The van der Waals surface area contributed by atoms with E-state index in [2.05, 4.69) is 0 Å². The Kier molecular flexibility index (Phi) is 5.35. The van der Waals surface area contributed by atoms with Crippen LogP contribution in [0.4, 0.5) is 0 Å². The molecule has 1 aromatic carbocycles. The number of hydrogen-bond acceptors (Lipinski definition) is 3. The standard InChI is InChI=1S/C13H18O3S/c1-9(2)12(13(14)15)8-17-11-6-4-10(16-3)5-7-11/h4-7,9,12H,8H2,1-3H3,(H,14,15). The molecule has 3 nitrogen and oxygen atoms in total. The van der Waals surface area contributed by atoms with Crippen LogP contribution in [0.15, 0.2) is 29.2 Å². The maximum Gasteiger partial charge on any atom is 0.307 e. The van der Waals surface area contributed by atoms with E-state index in [0.29, 0.717) is 5.75 Å². The summed E-state index contributed by atoms with van der Waals surface area (Å²) in [6, 6.07) is 7.66. The van der Waals surface area contributed by atoms with Gasteiger partial charge in [-0.1, -0.05) is 13.8 Å².